The minimum atomic E-state index is -0.157. The van der Waals surface area contributed by atoms with Crippen LogP contribution in [0.2, 0.25) is 0 Å². The normalized spacial score (nSPS) is 11.0. The van der Waals surface area contributed by atoms with Gasteiger partial charge in [0.05, 0.1) is 6.20 Å². The predicted octanol–water partition coefficient (Wildman–Crippen LogP) is -0.134. The van der Waals surface area contributed by atoms with E-state index in [4.69, 9.17) is 5.11 Å². The zero-order valence-corrected chi connectivity index (χ0v) is 7.82. The van der Waals surface area contributed by atoms with Crippen LogP contribution in [0.5, 0.6) is 0 Å². The summed E-state index contributed by atoms with van der Waals surface area (Å²) in [6.07, 6.45) is 1.92. The van der Waals surface area contributed by atoms with E-state index >= 15 is 0 Å². The number of nitrogens with one attached hydrogen (secondary N) is 1. The van der Waals surface area contributed by atoms with Crippen LogP contribution < -0.4 is 5.56 Å². The van der Waals surface area contributed by atoms with Crippen LogP contribution in [0.1, 0.15) is 11.3 Å². The number of aliphatic hydroxyl groups is 1. The van der Waals surface area contributed by atoms with E-state index in [9.17, 15) is 4.79 Å². The molecule has 0 bridgehead atoms. The average Bonchev–Trinajstić information content (AvgIpc) is 2.60. The maximum atomic E-state index is 11.8. The SMILES string of the molecule is Cc1[nH]c2ccnn2c(=O)c1CCO. The first kappa shape index (κ1) is 8.96. The van der Waals surface area contributed by atoms with Gasteiger partial charge in [0.1, 0.15) is 5.65 Å². The van der Waals surface area contributed by atoms with Crippen LogP contribution in [0.3, 0.4) is 0 Å². The van der Waals surface area contributed by atoms with E-state index in [1.165, 1.54) is 4.52 Å². The van der Waals surface area contributed by atoms with Crippen molar-refractivity contribution in [1.29, 1.82) is 0 Å². The Morgan fingerprint density at radius 2 is 2.43 bits per heavy atom. The molecule has 2 N–H and O–H groups in total. The maximum absolute atomic E-state index is 11.8. The van der Waals surface area contributed by atoms with Crippen molar-refractivity contribution < 1.29 is 5.11 Å². The van der Waals surface area contributed by atoms with Crippen LogP contribution >= 0.6 is 0 Å². The fourth-order valence-electron chi connectivity index (χ4n) is 1.52. The second kappa shape index (κ2) is 3.26. The summed E-state index contributed by atoms with van der Waals surface area (Å²) in [5, 5.41) is 12.7. The molecule has 2 aromatic heterocycles. The van der Waals surface area contributed by atoms with Gasteiger partial charge in [0.25, 0.3) is 5.56 Å². The van der Waals surface area contributed by atoms with Gasteiger partial charge in [-0.05, 0) is 6.92 Å². The molecule has 0 aromatic carbocycles. The number of aromatic nitrogens is 3. The van der Waals surface area contributed by atoms with Crippen molar-refractivity contribution in [2.75, 3.05) is 6.61 Å². The number of aryl methyl sites for hydroxylation is 1. The van der Waals surface area contributed by atoms with Crippen molar-refractivity contribution in [3.8, 4) is 0 Å². The highest BCUT2D eigenvalue weighted by atomic mass is 16.3. The summed E-state index contributed by atoms with van der Waals surface area (Å²) in [5.74, 6) is 0. The summed E-state index contributed by atoms with van der Waals surface area (Å²) in [6.45, 7) is 1.79. The minimum absolute atomic E-state index is 0.0311. The van der Waals surface area contributed by atoms with Crippen molar-refractivity contribution >= 4 is 5.65 Å². The van der Waals surface area contributed by atoms with Crippen LogP contribution in [0.25, 0.3) is 5.65 Å². The van der Waals surface area contributed by atoms with Gasteiger partial charge in [-0.3, -0.25) is 4.79 Å². The van der Waals surface area contributed by atoms with Gasteiger partial charge in [0.15, 0.2) is 0 Å². The number of aromatic amines is 1. The highest BCUT2D eigenvalue weighted by Gasteiger charge is 2.08. The second-order valence-corrected chi connectivity index (χ2v) is 3.14. The van der Waals surface area contributed by atoms with Gasteiger partial charge in [-0.1, -0.05) is 0 Å². The lowest BCUT2D eigenvalue weighted by atomic mass is 10.2. The van der Waals surface area contributed by atoms with Crippen molar-refractivity contribution in [3.05, 3.63) is 33.9 Å². The molecule has 0 radical (unpaired) electrons. The van der Waals surface area contributed by atoms with Crippen LogP contribution in [0.15, 0.2) is 17.1 Å². The molecule has 0 spiro atoms. The fraction of sp³-hybridized carbons (Fsp3) is 0.333. The van der Waals surface area contributed by atoms with Gasteiger partial charge in [-0.2, -0.15) is 9.61 Å². The molecule has 0 aliphatic heterocycles. The van der Waals surface area contributed by atoms with Crippen molar-refractivity contribution in [2.45, 2.75) is 13.3 Å². The quantitative estimate of drug-likeness (QED) is 0.697. The van der Waals surface area contributed by atoms with E-state index in [0.717, 1.165) is 5.69 Å². The van der Waals surface area contributed by atoms with Crippen molar-refractivity contribution in [2.24, 2.45) is 0 Å². The van der Waals surface area contributed by atoms with Gasteiger partial charge in [-0.25, -0.2) is 0 Å². The zero-order valence-electron chi connectivity index (χ0n) is 7.82. The molecule has 5 nitrogen and oxygen atoms in total. The van der Waals surface area contributed by atoms with Gasteiger partial charge in [0, 0.05) is 30.4 Å². The third-order valence-electron chi connectivity index (χ3n) is 2.22. The first-order valence-corrected chi connectivity index (χ1v) is 4.40. The van der Waals surface area contributed by atoms with Crippen molar-refractivity contribution in [1.82, 2.24) is 14.6 Å². The Morgan fingerprint density at radius 1 is 1.64 bits per heavy atom. The molecule has 2 heterocycles. The minimum Gasteiger partial charge on any atom is -0.396 e. The Morgan fingerprint density at radius 3 is 3.14 bits per heavy atom. The highest BCUT2D eigenvalue weighted by molar-refractivity contribution is 5.38. The third-order valence-corrected chi connectivity index (χ3v) is 2.22. The Kier molecular flexibility index (Phi) is 2.09. The molecular formula is C9H11N3O2. The summed E-state index contributed by atoms with van der Waals surface area (Å²) >= 11 is 0. The molecular weight excluding hydrogens is 182 g/mol. The lowest BCUT2D eigenvalue weighted by molar-refractivity contribution is 0.298. The van der Waals surface area contributed by atoms with Crippen LogP contribution in [0, 0.1) is 6.92 Å². The first-order chi connectivity index (χ1) is 6.74. The monoisotopic (exact) mass is 193 g/mol. The van der Waals surface area contributed by atoms with E-state index in [2.05, 4.69) is 10.1 Å². The Labute approximate surface area is 80.0 Å². The fourth-order valence-corrected chi connectivity index (χ4v) is 1.52. The van der Waals surface area contributed by atoms with Gasteiger partial charge in [-0.15, -0.1) is 0 Å². The Balaban J connectivity index is 2.76. The van der Waals surface area contributed by atoms with Gasteiger partial charge < -0.3 is 10.1 Å². The predicted molar refractivity (Wildman–Crippen MR) is 51.3 cm³/mol. The number of hydrogen-bond donors (Lipinski definition) is 2. The Bertz CT molecular complexity index is 512. The third kappa shape index (κ3) is 1.22. The van der Waals surface area contributed by atoms with E-state index in [0.29, 0.717) is 17.6 Å². The average molecular weight is 193 g/mol. The van der Waals surface area contributed by atoms with E-state index in [1.54, 1.807) is 12.3 Å². The number of nitrogens with zero attached hydrogens (tertiary/aromatic N) is 2. The van der Waals surface area contributed by atoms with Crippen molar-refractivity contribution in [3.63, 3.8) is 0 Å². The molecule has 2 aromatic rings. The maximum Gasteiger partial charge on any atom is 0.277 e. The molecule has 0 aliphatic rings. The van der Waals surface area contributed by atoms with Gasteiger partial charge in [0.2, 0.25) is 0 Å². The molecule has 0 saturated heterocycles. The van der Waals surface area contributed by atoms with Crippen LogP contribution in [0.4, 0.5) is 0 Å². The number of hydrogen-bond acceptors (Lipinski definition) is 3. The van der Waals surface area contributed by atoms with E-state index in [1.807, 2.05) is 6.92 Å². The topological polar surface area (TPSA) is 70.4 Å². The highest BCUT2D eigenvalue weighted by Crippen LogP contribution is 2.02. The molecule has 14 heavy (non-hydrogen) atoms. The number of aliphatic hydroxyl groups excluding tert-OH is 1. The summed E-state index contributed by atoms with van der Waals surface area (Å²) in [5.41, 5.74) is 1.89. The molecule has 74 valence electrons. The van der Waals surface area contributed by atoms with E-state index in [-0.39, 0.29) is 12.2 Å². The lowest BCUT2D eigenvalue weighted by Gasteiger charge is -2.03. The molecule has 0 fully saturated rings. The standard InChI is InChI=1S/C9H11N3O2/c1-6-7(3-5-13)9(14)12-8(11-6)2-4-10-12/h2,4,11,13H,3,5H2,1H3. The largest absolute Gasteiger partial charge is 0.396 e. The molecule has 0 aliphatic carbocycles. The Hall–Kier alpha value is -1.62. The lowest BCUT2D eigenvalue weighted by Crippen LogP contribution is -2.22. The summed E-state index contributed by atoms with van der Waals surface area (Å²) in [4.78, 5) is 14.8. The number of fused-ring (bicyclic) bond motifs is 1. The summed E-state index contributed by atoms with van der Waals surface area (Å²) < 4.78 is 1.30. The smallest absolute Gasteiger partial charge is 0.277 e. The summed E-state index contributed by atoms with van der Waals surface area (Å²) in [6, 6.07) is 1.73. The molecule has 2 rings (SSSR count). The molecule has 0 amide bonds. The first-order valence-electron chi connectivity index (χ1n) is 4.40. The van der Waals surface area contributed by atoms with E-state index < -0.39 is 0 Å². The molecule has 0 atom stereocenters. The summed E-state index contributed by atoms with van der Waals surface area (Å²) in [7, 11) is 0. The number of H-pyrrole nitrogens is 1. The molecule has 0 unspecified atom stereocenters. The zero-order chi connectivity index (χ0) is 10.1. The number of rotatable bonds is 2. The van der Waals surface area contributed by atoms with Gasteiger partial charge >= 0.3 is 0 Å². The van der Waals surface area contributed by atoms with Crippen LogP contribution in [-0.2, 0) is 6.42 Å². The van der Waals surface area contributed by atoms with Crippen LogP contribution in [-0.4, -0.2) is 26.3 Å². The molecule has 5 heteroatoms. The second-order valence-electron chi connectivity index (χ2n) is 3.14. The molecule has 0 saturated carbocycles.